The third kappa shape index (κ3) is 3.21. The molecule has 0 radical (unpaired) electrons. The summed E-state index contributed by atoms with van der Waals surface area (Å²) in [6.07, 6.45) is 4.58. The molecule has 0 spiro atoms. The van der Waals surface area contributed by atoms with E-state index in [1.54, 1.807) is 0 Å². The van der Waals surface area contributed by atoms with Crippen molar-refractivity contribution in [2.75, 3.05) is 24.6 Å². The normalized spacial score (nSPS) is 20.9. The number of nitrogens with zero attached hydrogens (tertiary/aromatic N) is 2. The number of likely N-dealkylation sites (N-methyl/N-ethyl adjacent to an activating group) is 1. The lowest BCUT2D eigenvalue weighted by Crippen LogP contribution is -2.32. The van der Waals surface area contributed by atoms with Gasteiger partial charge in [-0.3, -0.25) is 0 Å². The van der Waals surface area contributed by atoms with Gasteiger partial charge in [-0.05, 0) is 38.3 Å². The molecule has 0 amide bonds. The summed E-state index contributed by atoms with van der Waals surface area (Å²) in [5.41, 5.74) is 6.91. The van der Waals surface area contributed by atoms with E-state index in [0.29, 0.717) is 6.10 Å². The maximum absolute atomic E-state index is 5.83. The SMILES string of the molecule is CCN(CC1CCCO1)c1ccc(C(C)N)cn1. The second-order valence-corrected chi connectivity index (χ2v) is 4.91. The van der Waals surface area contributed by atoms with Gasteiger partial charge in [0.05, 0.1) is 6.10 Å². The van der Waals surface area contributed by atoms with E-state index in [1.165, 1.54) is 6.42 Å². The largest absolute Gasteiger partial charge is 0.376 e. The second-order valence-electron chi connectivity index (χ2n) is 4.91. The number of hydrogen-bond donors (Lipinski definition) is 1. The van der Waals surface area contributed by atoms with E-state index in [-0.39, 0.29) is 6.04 Å². The van der Waals surface area contributed by atoms with Crippen molar-refractivity contribution in [2.24, 2.45) is 5.73 Å². The third-order valence-electron chi connectivity index (χ3n) is 3.45. The lowest BCUT2D eigenvalue weighted by Gasteiger charge is -2.25. The molecular weight excluding hydrogens is 226 g/mol. The van der Waals surface area contributed by atoms with Crippen molar-refractivity contribution in [3.8, 4) is 0 Å². The fraction of sp³-hybridized carbons (Fsp3) is 0.643. The number of rotatable bonds is 5. The molecule has 4 nitrogen and oxygen atoms in total. The Balaban J connectivity index is 2.02. The Kier molecular flexibility index (Phi) is 4.55. The van der Waals surface area contributed by atoms with E-state index in [0.717, 1.165) is 37.5 Å². The number of anilines is 1. The maximum Gasteiger partial charge on any atom is 0.128 e. The van der Waals surface area contributed by atoms with Crippen LogP contribution in [0.3, 0.4) is 0 Å². The Morgan fingerprint density at radius 3 is 2.89 bits per heavy atom. The molecule has 1 saturated heterocycles. The second kappa shape index (κ2) is 6.16. The van der Waals surface area contributed by atoms with Gasteiger partial charge in [0.2, 0.25) is 0 Å². The topological polar surface area (TPSA) is 51.4 Å². The Bertz CT molecular complexity index is 358. The van der Waals surface area contributed by atoms with Crippen molar-refractivity contribution < 1.29 is 4.74 Å². The molecular formula is C14H23N3O. The molecule has 2 rings (SSSR count). The van der Waals surface area contributed by atoms with Gasteiger partial charge < -0.3 is 15.4 Å². The van der Waals surface area contributed by atoms with Crippen LogP contribution in [0.1, 0.15) is 38.3 Å². The number of aromatic nitrogens is 1. The molecule has 2 heterocycles. The van der Waals surface area contributed by atoms with E-state index >= 15 is 0 Å². The van der Waals surface area contributed by atoms with Crippen LogP contribution in [0.15, 0.2) is 18.3 Å². The number of nitrogens with two attached hydrogens (primary N) is 1. The lowest BCUT2D eigenvalue weighted by molar-refractivity contribution is 0.115. The smallest absolute Gasteiger partial charge is 0.128 e. The summed E-state index contributed by atoms with van der Waals surface area (Å²) in [6, 6.07) is 4.15. The van der Waals surface area contributed by atoms with Gasteiger partial charge in [-0.2, -0.15) is 0 Å². The molecule has 1 aliphatic heterocycles. The van der Waals surface area contributed by atoms with Gasteiger partial charge in [-0.15, -0.1) is 0 Å². The van der Waals surface area contributed by atoms with E-state index in [2.05, 4.69) is 28.9 Å². The highest BCUT2D eigenvalue weighted by molar-refractivity contribution is 5.39. The van der Waals surface area contributed by atoms with E-state index < -0.39 is 0 Å². The van der Waals surface area contributed by atoms with Crippen LogP contribution in [-0.4, -0.2) is 30.8 Å². The summed E-state index contributed by atoms with van der Waals surface area (Å²) < 4.78 is 5.68. The first kappa shape index (κ1) is 13.3. The minimum absolute atomic E-state index is 0.0415. The first-order valence-electron chi connectivity index (χ1n) is 6.78. The highest BCUT2D eigenvalue weighted by atomic mass is 16.5. The van der Waals surface area contributed by atoms with Gasteiger partial charge in [-0.25, -0.2) is 4.98 Å². The molecule has 1 aliphatic rings. The molecule has 2 atom stereocenters. The summed E-state index contributed by atoms with van der Waals surface area (Å²) in [6.45, 7) is 6.90. The summed E-state index contributed by atoms with van der Waals surface area (Å²) in [7, 11) is 0. The zero-order valence-electron chi connectivity index (χ0n) is 11.3. The average Bonchev–Trinajstić information content (AvgIpc) is 2.89. The van der Waals surface area contributed by atoms with Crippen molar-refractivity contribution in [3.63, 3.8) is 0 Å². The van der Waals surface area contributed by atoms with E-state index in [9.17, 15) is 0 Å². The summed E-state index contributed by atoms with van der Waals surface area (Å²) >= 11 is 0. The number of pyridine rings is 1. The Labute approximate surface area is 109 Å². The predicted octanol–water partition coefficient (Wildman–Crippen LogP) is 2.11. The van der Waals surface area contributed by atoms with Gasteiger partial charge >= 0.3 is 0 Å². The highest BCUT2D eigenvalue weighted by Gasteiger charge is 2.19. The van der Waals surface area contributed by atoms with Crippen LogP contribution in [-0.2, 0) is 4.74 Å². The minimum Gasteiger partial charge on any atom is -0.376 e. The highest BCUT2D eigenvalue weighted by Crippen LogP contribution is 2.18. The zero-order valence-corrected chi connectivity index (χ0v) is 11.3. The summed E-state index contributed by atoms with van der Waals surface area (Å²) in [4.78, 5) is 6.77. The maximum atomic E-state index is 5.83. The molecule has 0 bridgehead atoms. The van der Waals surface area contributed by atoms with Crippen molar-refractivity contribution in [2.45, 2.75) is 38.8 Å². The Hall–Kier alpha value is -1.13. The molecule has 2 N–H and O–H groups in total. The Morgan fingerprint density at radius 2 is 2.39 bits per heavy atom. The average molecular weight is 249 g/mol. The fourth-order valence-corrected chi connectivity index (χ4v) is 2.27. The predicted molar refractivity (Wildman–Crippen MR) is 73.7 cm³/mol. The molecule has 1 aromatic rings. The lowest BCUT2D eigenvalue weighted by atomic mass is 10.1. The first-order valence-corrected chi connectivity index (χ1v) is 6.78. The van der Waals surface area contributed by atoms with Crippen LogP contribution < -0.4 is 10.6 Å². The third-order valence-corrected chi connectivity index (χ3v) is 3.45. The standard InChI is InChI=1S/C14H23N3O/c1-3-17(10-13-5-4-8-18-13)14-7-6-12(9-16-14)11(2)15/h6-7,9,11,13H,3-5,8,10,15H2,1-2H3. The van der Waals surface area contributed by atoms with Crippen LogP contribution in [0.4, 0.5) is 5.82 Å². The van der Waals surface area contributed by atoms with E-state index in [1.807, 2.05) is 13.1 Å². The van der Waals surface area contributed by atoms with Crippen LogP contribution >= 0.6 is 0 Å². The first-order chi connectivity index (χ1) is 8.70. The molecule has 4 heteroatoms. The van der Waals surface area contributed by atoms with Crippen molar-refractivity contribution in [1.29, 1.82) is 0 Å². The minimum atomic E-state index is 0.0415. The molecule has 100 valence electrons. The van der Waals surface area contributed by atoms with Gasteiger partial charge in [0.25, 0.3) is 0 Å². The summed E-state index contributed by atoms with van der Waals surface area (Å²) in [5.74, 6) is 1.01. The number of hydrogen-bond acceptors (Lipinski definition) is 4. The van der Waals surface area contributed by atoms with Crippen molar-refractivity contribution in [1.82, 2.24) is 4.98 Å². The van der Waals surface area contributed by atoms with Crippen molar-refractivity contribution in [3.05, 3.63) is 23.9 Å². The monoisotopic (exact) mass is 249 g/mol. The molecule has 18 heavy (non-hydrogen) atoms. The quantitative estimate of drug-likeness (QED) is 0.868. The number of ether oxygens (including phenoxy) is 1. The van der Waals surface area contributed by atoms with Gasteiger partial charge in [0.1, 0.15) is 5.82 Å². The molecule has 1 aromatic heterocycles. The fourth-order valence-electron chi connectivity index (χ4n) is 2.27. The molecule has 1 fully saturated rings. The van der Waals surface area contributed by atoms with Crippen LogP contribution in [0.25, 0.3) is 0 Å². The van der Waals surface area contributed by atoms with Gasteiger partial charge in [0, 0.05) is 31.9 Å². The molecule has 0 aliphatic carbocycles. The molecule has 2 unspecified atom stereocenters. The van der Waals surface area contributed by atoms with Gasteiger partial charge in [-0.1, -0.05) is 6.07 Å². The summed E-state index contributed by atoms with van der Waals surface area (Å²) in [5, 5.41) is 0. The van der Waals surface area contributed by atoms with Crippen LogP contribution in [0, 0.1) is 0 Å². The zero-order chi connectivity index (χ0) is 13.0. The van der Waals surface area contributed by atoms with Crippen LogP contribution in [0.2, 0.25) is 0 Å². The molecule has 0 saturated carbocycles. The van der Waals surface area contributed by atoms with Crippen LogP contribution in [0.5, 0.6) is 0 Å². The van der Waals surface area contributed by atoms with E-state index in [4.69, 9.17) is 10.5 Å². The van der Waals surface area contributed by atoms with Gasteiger partial charge in [0.15, 0.2) is 0 Å². The Morgan fingerprint density at radius 1 is 1.56 bits per heavy atom. The van der Waals surface area contributed by atoms with Crippen molar-refractivity contribution >= 4 is 5.82 Å². The molecule has 0 aromatic carbocycles.